The van der Waals surface area contributed by atoms with Crippen LogP contribution in [-0.4, -0.2) is 27.6 Å². The number of imidazole rings is 1. The Labute approximate surface area is 162 Å². The lowest BCUT2D eigenvalue weighted by atomic mass is 10.1. The molecule has 6 heteroatoms. The number of aromatic nitrogens is 3. The molecule has 140 valence electrons. The van der Waals surface area contributed by atoms with Gasteiger partial charge in [-0.1, -0.05) is 24.3 Å². The van der Waals surface area contributed by atoms with Crippen molar-refractivity contribution in [2.75, 3.05) is 7.11 Å². The van der Waals surface area contributed by atoms with Crippen LogP contribution in [0.25, 0.3) is 16.7 Å². The molecule has 0 aliphatic rings. The summed E-state index contributed by atoms with van der Waals surface area (Å²) < 4.78 is 7.30. The van der Waals surface area contributed by atoms with E-state index in [0.717, 1.165) is 28.1 Å². The van der Waals surface area contributed by atoms with E-state index in [1.807, 2.05) is 67.6 Å². The first-order valence-corrected chi connectivity index (χ1v) is 8.98. The van der Waals surface area contributed by atoms with Crippen molar-refractivity contribution in [1.82, 2.24) is 19.9 Å². The second-order valence-electron chi connectivity index (χ2n) is 6.39. The Morgan fingerprint density at radius 1 is 1.11 bits per heavy atom. The van der Waals surface area contributed by atoms with Crippen LogP contribution in [0.2, 0.25) is 0 Å². The summed E-state index contributed by atoms with van der Waals surface area (Å²) in [6.07, 6.45) is 1.66. The zero-order chi connectivity index (χ0) is 19.5. The molecule has 0 fully saturated rings. The molecule has 0 unspecified atom stereocenters. The minimum atomic E-state index is -0.167. The lowest BCUT2D eigenvalue weighted by Gasteiger charge is -2.09. The number of fused-ring (bicyclic) bond motifs is 1. The summed E-state index contributed by atoms with van der Waals surface area (Å²) in [6, 6.07) is 19.3. The maximum atomic E-state index is 12.6. The first-order valence-electron chi connectivity index (χ1n) is 8.98. The molecule has 0 bridgehead atoms. The van der Waals surface area contributed by atoms with Gasteiger partial charge in [-0.3, -0.25) is 9.36 Å². The third kappa shape index (κ3) is 3.32. The Bertz CT molecular complexity index is 1140. The molecule has 0 aliphatic carbocycles. The van der Waals surface area contributed by atoms with Gasteiger partial charge in [0.15, 0.2) is 0 Å². The van der Waals surface area contributed by atoms with E-state index in [1.54, 1.807) is 13.3 Å². The molecule has 4 rings (SSSR count). The molecule has 28 heavy (non-hydrogen) atoms. The van der Waals surface area contributed by atoms with Crippen molar-refractivity contribution < 1.29 is 9.53 Å². The molecule has 1 N–H and O–H groups in total. The second kappa shape index (κ2) is 7.52. The number of carbonyl (C=O) groups excluding carboxylic acids is 1. The molecule has 0 saturated carbocycles. The number of benzene rings is 2. The zero-order valence-electron chi connectivity index (χ0n) is 15.7. The number of hydrogen-bond donors (Lipinski definition) is 1. The Morgan fingerprint density at radius 3 is 2.71 bits per heavy atom. The first-order chi connectivity index (χ1) is 13.7. The highest BCUT2D eigenvalue weighted by Crippen LogP contribution is 2.22. The van der Waals surface area contributed by atoms with Crippen LogP contribution >= 0.6 is 0 Å². The average Bonchev–Trinajstić information content (AvgIpc) is 3.07. The standard InChI is InChI=1S/C22H20N4O2/c1-15-25-19-13-16(10-11-20(19)26(15)18-8-4-3-5-9-18)21(27)24-14-17-7-6-12-23-22(17)28-2/h3-13H,14H2,1-2H3,(H,24,27). The number of hydrogen-bond acceptors (Lipinski definition) is 4. The van der Waals surface area contributed by atoms with Gasteiger partial charge in [0.2, 0.25) is 5.88 Å². The van der Waals surface area contributed by atoms with E-state index in [-0.39, 0.29) is 5.91 Å². The minimum Gasteiger partial charge on any atom is -0.481 e. The van der Waals surface area contributed by atoms with E-state index in [1.165, 1.54) is 0 Å². The van der Waals surface area contributed by atoms with E-state index in [4.69, 9.17) is 4.74 Å². The van der Waals surface area contributed by atoms with E-state index < -0.39 is 0 Å². The van der Waals surface area contributed by atoms with Gasteiger partial charge in [0.1, 0.15) is 5.82 Å². The van der Waals surface area contributed by atoms with Gasteiger partial charge in [0.25, 0.3) is 5.91 Å². The van der Waals surface area contributed by atoms with Crippen molar-refractivity contribution in [2.45, 2.75) is 13.5 Å². The van der Waals surface area contributed by atoms with Crippen LogP contribution in [0.3, 0.4) is 0 Å². The summed E-state index contributed by atoms with van der Waals surface area (Å²) in [5.74, 6) is 1.22. The van der Waals surface area contributed by atoms with Crippen LogP contribution in [0.5, 0.6) is 5.88 Å². The summed E-state index contributed by atoms with van der Waals surface area (Å²) in [6.45, 7) is 2.30. The number of pyridine rings is 1. The molecule has 0 saturated heterocycles. The highest BCUT2D eigenvalue weighted by atomic mass is 16.5. The molecular formula is C22H20N4O2. The molecule has 0 atom stereocenters. The van der Waals surface area contributed by atoms with Crippen molar-refractivity contribution in [3.05, 3.63) is 83.8 Å². The van der Waals surface area contributed by atoms with Gasteiger partial charge in [-0.2, -0.15) is 0 Å². The number of para-hydroxylation sites is 1. The lowest BCUT2D eigenvalue weighted by Crippen LogP contribution is -2.23. The van der Waals surface area contributed by atoms with Crippen molar-refractivity contribution in [2.24, 2.45) is 0 Å². The SMILES string of the molecule is COc1ncccc1CNC(=O)c1ccc2c(c1)nc(C)n2-c1ccccc1. The average molecular weight is 372 g/mol. The Morgan fingerprint density at radius 2 is 1.93 bits per heavy atom. The van der Waals surface area contributed by atoms with E-state index in [0.29, 0.717) is 18.0 Å². The van der Waals surface area contributed by atoms with Gasteiger partial charge in [0.05, 0.1) is 18.1 Å². The monoisotopic (exact) mass is 372 g/mol. The van der Waals surface area contributed by atoms with Gasteiger partial charge in [0, 0.05) is 29.6 Å². The van der Waals surface area contributed by atoms with Gasteiger partial charge >= 0.3 is 0 Å². The minimum absolute atomic E-state index is 0.167. The Hall–Kier alpha value is -3.67. The zero-order valence-corrected chi connectivity index (χ0v) is 15.7. The van der Waals surface area contributed by atoms with Crippen LogP contribution in [-0.2, 0) is 6.54 Å². The maximum Gasteiger partial charge on any atom is 0.251 e. The molecule has 0 aliphatic heterocycles. The second-order valence-corrected chi connectivity index (χ2v) is 6.39. The van der Waals surface area contributed by atoms with Crippen LogP contribution in [0.1, 0.15) is 21.7 Å². The fourth-order valence-electron chi connectivity index (χ4n) is 3.26. The summed E-state index contributed by atoms with van der Waals surface area (Å²) in [4.78, 5) is 21.4. The summed E-state index contributed by atoms with van der Waals surface area (Å²) in [7, 11) is 1.56. The van der Waals surface area contributed by atoms with Crippen LogP contribution in [0.15, 0.2) is 66.9 Å². The van der Waals surface area contributed by atoms with Crippen LogP contribution in [0.4, 0.5) is 0 Å². The van der Waals surface area contributed by atoms with Crippen molar-refractivity contribution in [3.63, 3.8) is 0 Å². The number of carbonyl (C=O) groups is 1. The van der Waals surface area contributed by atoms with Crippen molar-refractivity contribution in [3.8, 4) is 11.6 Å². The predicted molar refractivity (Wildman–Crippen MR) is 108 cm³/mol. The summed E-state index contributed by atoms with van der Waals surface area (Å²) in [5.41, 5.74) is 4.18. The van der Waals surface area contributed by atoms with Gasteiger partial charge < -0.3 is 10.1 Å². The van der Waals surface area contributed by atoms with Crippen LogP contribution in [0, 0.1) is 6.92 Å². The largest absolute Gasteiger partial charge is 0.481 e. The molecule has 4 aromatic rings. The maximum absolute atomic E-state index is 12.6. The first kappa shape index (κ1) is 17.7. The number of ether oxygens (including phenoxy) is 1. The molecule has 1 amide bonds. The van der Waals surface area contributed by atoms with Crippen molar-refractivity contribution in [1.29, 1.82) is 0 Å². The highest BCUT2D eigenvalue weighted by molar-refractivity contribution is 5.97. The lowest BCUT2D eigenvalue weighted by molar-refractivity contribution is 0.0950. The quantitative estimate of drug-likeness (QED) is 0.580. The van der Waals surface area contributed by atoms with Gasteiger partial charge in [-0.15, -0.1) is 0 Å². The third-order valence-electron chi connectivity index (χ3n) is 4.58. The molecule has 6 nitrogen and oxygen atoms in total. The number of rotatable bonds is 5. The number of amides is 1. The normalized spacial score (nSPS) is 10.8. The van der Waals surface area contributed by atoms with Crippen LogP contribution < -0.4 is 10.1 Å². The molecule has 2 aromatic carbocycles. The third-order valence-corrected chi connectivity index (χ3v) is 4.58. The smallest absolute Gasteiger partial charge is 0.251 e. The summed E-state index contributed by atoms with van der Waals surface area (Å²) in [5, 5.41) is 2.91. The predicted octanol–water partition coefficient (Wildman–Crippen LogP) is 3.67. The molecule has 0 radical (unpaired) electrons. The van der Waals surface area contributed by atoms with E-state index >= 15 is 0 Å². The molecule has 2 aromatic heterocycles. The van der Waals surface area contributed by atoms with Crippen molar-refractivity contribution >= 4 is 16.9 Å². The Kier molecular flexibility index (Phi) is 4.76. The van der Waals surface area contributed by atoms with Gasteiger partial charge in [-0.05, 0) is 43.3 Å². The molecule has 0 spiro atoms. The topological polar surface area (TPSA) is 69.0 Å². The molecular weight excluding hydrogens is 352 g/mol. The number of nitrogens with zero attached hydrogens (tertiary/aromatic N) is 3. The fourth-order valence-corrected chi connectivity index (χ4v) is 3.26. The number of aryl methyl sites for hydroxylation is 1. The Balaban J connectivity index is 1.59. The summed E-state index contributed by atoms with van der Waals surface area (Å²) >= 11 is 0. The highest BCUT2D eigenvalue weighted by Gasteiger charge is 2.13. The van der Waals surface area contributed by atoms with E-state index in [2.05, 4.69) is 19.9 Å². The fraction of sp³-hybridized carbons (Fsp3) is 0.136. The molecule has 2 heterocycles. The number of nitrogens with one attached hydrogen (secondary N) is 1. The number of methoxy groups -OCH3 is 1. The van der Waals surface area contributed by atoms with E-state index in [9.17, 15) is 4.79 Å². The van der Waals surface area contributed by atoms with Gasteiger partial charge in [-0.25, -0.2) is 9.97 Å².